The fourth-order valence-corrected chi connectivity index (χ4v) is 1.82. The number of rotatable bonds is 2. The van der Waals surface area contributed by atoms with Gasteiger partial charge in [-0.3, -0.25) is 9.36 Å². The van der Waals surface area contributed by atoms with Crippen LogP contribution in [0.5, 0.6) is 0 Å². The van der Waals surface area contributed by atoms with E-state index in [4.69, 9.17) is 5.73 Å². The molecule has 88 valence electrons. The number of hydrogen-bond acceptors (Lipinski definition) is 4. The van der Waals surface area contributed by atoms with Crippen LogP contribution in [0, 0.1) is 0 Å². The maximum atomic E-state index is 11.4. The average molecular weight is 239 g/mol. The largest absolute Gasteiger partial charge is 0.366 e. The van der Waals surface area contributed by atoms with Crippen LogP contribution in [0.3, 0.4) is 0 Å². The van der Waals surface area contributed by atoms with Crippen molar-refractivity contribution in [3.63, 3.8) is 0 Å². The number of primary amides is 1. The van der Waals surface area contributed by atoms with Crippen molar-refractivity contribution >= 4 is 16.9 Å². The van der Waals surface area contributed by atoms with Gasteiger partial charge in [-0.1, -0.05) is 0 Å². The first-order chi connectivity index (χ1) is 8.77. The van der Waals surface area contributed by atoms with Crippen molar-refractivity contribution in [3.05, 3.63) is 48.5 Å². The van der Waals surface area contributed by atoms with Gasteiger partial charge in [-0.05, 0) is 18.2 Å². The second kappa shape index (κ2) is 3.92. The zero-order valence-corrected chi connectivity index (χ0v) is 9.32. The Kier molecular flexibility index (Phi) is 2.26. The minimum absolute atomic E-state index is 0.408. The third-order valence-corrected chi connectivity index (χ3v) is 2.60. The van der Waals surface area contributed by atoms with Crippen LogP contribution in [0.25, 0.3) is 17.0 Å². The Morgan fingerprint density at radius 1 is 1.11 bits per heavy atom. The van der Waals surface area contributed by atoms with Crippen molar-refractivity contribution in [1.82, 2.24) is 19.5 Å². The van der Waals surface area contributed by atoms with E-state index < -0.39 is 5.91 Å². The molecule has 0 aliphatic rings. The Morgan fingerprint density at radius 2 is 1.83 bits per heavy atom. The highest BCUT2D eigenvalue weighted by molar-refractivity contribution is 6.05. The number of amides is 1. The van der Waals surface area contributed by atoms with Crippen LogP contribution in [-0.2, 0) is 0 Å². The summed E-state index contributed by atoms with van der Waals surface area (Å²) in [5, 5.41) is 0.692. The molecule has 0 atom stereocenters. The number of pyridine rings is 1. The molecule has 0 radical (unpaired) electrons. The number of nitrogens with zero attached hydrogens (tertiary/aromatic N) is 4. The molecule has 3 rings (SSSR count). The van der Waals surface area contributed by atoms with Gasteiger partial charge in [-0.25, -0.2) is 15.0 Å². The minimum atomic E-state index is -0.498. The van der Waals surface area contributed by atoms with Gasteiger partial charge >= 0.3 is 0 Å². The lowest BCUT2D eigenvalue weighted by Gasteiger charge is -2.00. The van der Waals surface area contributed by atoms with Gasteiger partial charge in [0, 0.05) is 30.2 Å². The number of nitrogens with two attached hydrogens (primary N) is 1. The van der Waals surface area contributed by atoms with Gasteiger partial charge < -0.3 is 5.73 Å². The highest BCUT2D eigenvalue weighted by atomic mass is 16.1. The van der Waals surface area contributed by atoms with Crippen molar-refractivity contribution in [2.75, 3.05) is 0 Å². The molecule has 0 saturated heterocycles. The van der Waals surface area contributed by atoms with Gasteiger partial charge in [0.2, 0.25) is 5.95 Å². The standard InChI is InChI=1S/C12H9N5O/c13-10(18)9-7-17(12-15-5-2-6-16-12)11-8(9)3-1-4-14-11/h1-7H,(H2,13,18). The van der Waals surface area contributed by atoms with Gasteiger partial charge in [-0.2, -0.15) is 0 Å². The van der Waals surface area contributed by atoms with Gasteiger partial charge in [-0.15, -0.1) is 0 Å². The van der Waals surface area contributed by atoms with Gasteiger partial charge in [0.1, 0.15) is 5.65 Å². The molecule has 0 aliphatic heterocycles. The zero-order chi connectivity index (χ0) is 12.5. The molecule has 3 heterocycles. The highest BCUT2D eigenvalue weighted by Gasteiger charge is 2.15. The molecule has 6 nitrogen and oxygen atoms in total. The summed E-state index contributed by atoms with van der Waals surface area (Å²) in [7, 11) is 0. The first-order valence-electron chi connectivity index (χ1n) is 5.30. The number of carbonyl (C=O) groups excluding carboxylic acids is 1. The van der Waals surface area contributed by atoms with Crippen molar-refractivity contribution in [1.29, 1.82) is 0 Å². The van der Waals surface area contributed by atoms with E-state index in [1.165, 1.54) is 0 Å². The zero-order valence-electron chi connectivity index (χ0n) is 9.32. The summed E-state index contributed by atoms with van der Waals surface area (Å²) in [4.78, 5) is 23.9. The van der Waals surface area contributed by atoms with Crippen LogP contribution in [-0.4, -0.2) is 25.4 Å². The monoisotopic (exact) mass is 239 g/mol. The van der Waals surface area contributed by atoms with Crippen LogP contribution in [0.4, 0.5) is 0 Å². The van der Waals surface area contributed by atoms with E-state index >= 15 is 0 Å². The Hall–Kier alpha value is -2.76. The van der Waals surface area contributed by atoms with Crippen LogP contribution in [0.1, 0.15) is 10.4 Å². The summed E-state index contributed by atoms with van der Waals surface area (Å²) in [5.74, 6) is -0.0450. The topological polar surface area (TPSA) is 86.7 Å². The number of carbonyl (C=O) groups is 1. The maximum Gasteiger partial charge on any atom is 0.250 e. The van der Waals surface area contributed by atoms with E-state index in [1.54, 1.807) is 47.6 Å². The molecule has 0 saturated carbocycles. The Bertz CT molecular complexity index is 720. The van der Waals surface area contributed by atoms with E-state index in [0.717, 1.165) is 0 Å². The predicted octanol–water partition coefficient (Wildman–Crippen LogP) is 0.914. The lowest BCUT2D eigenvalue weighted by molar-refractivity contribution is 0.100. The smallest absolute Gasteiger partial charge is 0.250 e. The first-order valence-corrected chi connectivity index (χ1v) is 5.30. The molecule has 0 aromatic carbocycles. The van der Waals surface area contributed by atoms with Crippen LogP contribution in [0.15, 0.2) is 43.0 Å². The lowest BCUT2D eigenvalue weighted by Crippen LogP contribution is -2.10. The highest BCUT2D eigenvalue weighted by Crippen LogP contribution is 2.20. The molecular weight excluding hydrogens is 230 g/mol. The quantitative estimate of drug-likeness (QED) is 0.720. The van der Waals surface area contributed by atoms with Crippen molar-refractivity contribution in [3.8, 4) is 5.95 Å². The summed E-state index contributed by atoms with van der Waals surface area (Å²) < 4.78 is 1.65. The minimum Gasteiger partial charge on any atom is -0.366 e. The number of aromatic nitrogens is 4. The normalized spacial score (nSPS) is 10.7. The van der Waals surface area contributed by atoms with E-state index in [0.29, 0.717) is 22.5 Å². The van der Waals surface area contributed by atoms with Crippen molar-refractivity contribution < 1.29 is 4.79 Å². The van der Waals surface area contributed by atoms with E-state index in [2.05, 4.69) is 15.0 Å². The maximum absolute atomic E-state index is 11.4. The van der Waals surface area contributed by atoms with Crippen molar-refractivity contribution in [2.24, 2.45) is 5.73 Å². The molecule has 0 bridgehead atoms. The molecule has 0 aliphatic carbocycles. The Labute approximate surface area is 102 Å². The fraction of sp³-hybridized carbons (Fsp3) is 0. The van der Waals surface area contributed by atoms with Gasteiger partial charge in [0.05, 0.1) is 5.56 Å². The molecule has 3 aromatic heterocycles. The second-order valence-electron chi connectivity index (χ2n) is 3.70. The molecule has 0 unspecified atom stereocenters. The SMILES string of the molecule is NC(=O)c1cn(-c2ncccn2)c2ncccc12. The van der Waals surface area contributed by atoms with Crippen LogP contribution in [0.2, 0.25) is 0 Å². The van der Waals surface area contributed by atoms with E-state index in [9.17, 15) is 4.79 Å². The van der Waals surface area contributed by atoms with E-state index in [-0.39, 0.29) is 0 Å². The summed E-state index contributed by atoms with van der Waals surface area (Å²) >= 11 is 0. The molecule has 0 fully saturated rings. The van der Waals surface area contributed by atoms with Gasteiger partial charge in [0.15, 0.2) is 0 Å². The molecule has 3 aromatic rings. The molecular formula is C12H9N5O. The van der Waals surface area contributed by atoms with E-state index in [1.807, 2.05) is 0 Å². The Balaban J connectivity index is 2.34. The summed E-state index contributed by atoms with van der Waals surface area (Å²) in [5.41, 5.74) is 6.37. The van der Waals surface area contributed by atoms with Crippen LogP contribution < -0.4 is 5.73 Å². The molecule has 0 spiro atoms. The van der Waals surface area contributed by atoms with Crippen molar-refractivity contribution in [2.45, 2.75) is 0 Å². The molecule has 1 amide bonds. The summed E-state index contributed by atoms with van der Waals surface area (Å²) in [6.07, 6.45) is 6.50. The third kappa shape index (κ3) is 1.51. The Morgan fingerprint density at radius 3 is 2.56 bits per heavy atom. The molecule has 6 heteroatoms. The second-order valence-corrected chi connectivity index (χ2v) is 3.70. The average Bonchev–Trinajstić information content (AvgIpc) is 2.79. The summed E-state index contributed by atoms with van der Waals surface area (Å²) in [6, 6.07) is 5.27. The molecule has 18 heavy (non-hydrogen) atoms. The fourth-order valence-electron chi connectivity index (χ4n) is 1.82. The number of hydrogen-bond donors (Lipinski definition) is 1. The predicted molar refractivity (Wildman–Crippen MR) is 65.2 cm³/mol. The third-order valence-electron chi connectivity index (χ3n) is 2.60. The first kappa shape index (κ1) is 10.4. The molecule has 2 N–H and O–H groups in total. The lowest BCUT2D eigenvalue weighted by atomic mass is 10.2. The van der Waals surface area contributed by atoms with Gasteiger partial charge in [0.25, 0.3) is 5.91 Å². The number of fused-ring (bicyclic) bond motifs is 1. The van der Waals surface area contributed by atoms with Crippen LogP contribution >= 0.6 is 0 Å². The summed E-state index contributed by atoms with van der Waals surface area (Å²) in [6.45, 7) is 0.